The molecular weight excluding hydrogens is 412 g/mol. The summed E-state index contributed by atoms with van der Waals surface area (Å²) in [6, 6.07) is 25.4. The first kappa shape index (κ1) is 22.4. The Balaban J connectivity index is 1.83. The third kappa shape index (κ3) is 6.59. The quantitative estimate of drug-likeness (QED) is 0.549. The monoisotopic (exact) mass is 436 g/mol. The van der Waals surface area contributed by atoms with Gasteiger partial charge in [0.1, 0.15) is 11.8 Å². The van der Waals surface area contributed by atoms with Crippen molar-refractivity contribution >= 4 is 23.4 Å². The molecule has 0 aromatic heterocycles. The Morgan fingerprint density at radius 1 is 0.903 bits per heavy atom. The molecule has 3 rings (SSSR count). The number of halogens is 1. The topological polar surface area (TPSA) is 58.6 Å². The lowest BCUT2D eigenvalue weighted by Gasteiger charge is -2.31. The number of nitrogens with one attached hydrogen (secondary N) is 1. The van der Waals surface area contributed by atoms with Crippen molar-refractivity contribution in [3.63, 3.8) is 0 Å². The molecule has 0 radical (unpaired) electrons. The van der Waals surface area contributed by atoms with Crippen LogP contribution in [0.2, 0.25) is 5.02 Å². The van der Waals surface area contributed by atoms with Crippen LogP contribution in [0, 0.1) is 0 Å². The molecule has 0 bridgehead atoms. The molecule has 0 aliphatic carbocycles. The fourth-order valence-electron chi connectivity index (χ4n) is 3.26. The van der Waals surface area contributed by atoms with E-state index in [1.165, 1.54) is 0 Å². The zero-order valence-electron chi connectivity index (χ0n) is 17.3. The predicted molar refractivity (Wildman–Crippen MR) is 122 cm³/mol. The summed E-state index contributed by atoms with van der Waals surface area (Å²) < 4.78 is 5.67. The maximum Gasteiger partial charge on any atom is 0.261 e. The second-order valence-electron chi connectivity index (χ2n) is 7.07. The number of hydrogen-bond donors (Lipinski definition) is 1. The molecule has 0 saturated carbocycles. The molecule has 0 aliphatic rings. The molecule has 0 aliphatic heterocycles. The van der Waals surface area contributed by atoms with E-state index >= 15 is 0 Å². The largest absolute Gasteiger partial charge is 0.484 e. The van der Waals surface area contributed by atoms with Crippen molar-refractivity contribution < 1.29 is 14.3 Å². The second kappa shape index (κ2) is 11.2. The molecular formula is C25H25ClN2O3. The van der Waals surface area contributed by atoms with E-state index in [-0.39, 0.29) is 18.4 Å². The van der Waals surface area contributed by atoms with Gasteiger partial charge >= 0.3 is 0 Å². The van der Waals surface area contributed by atoms with Gasteiger partial charge in [-0.25, -0.2) is 0 Å². The van der Waals surface area contributed by atoms with E-state index in [1.807, 2.05) is 60.7 Å². The van der Waals surface area contributed by atoms with Crippen LogP contribution in [0.1, 0.15) is 11.1 Å². The molecule has 160 valence electrons. The number of hydrogen-bond acceptors (Lipinski definition) is 3. The number of carbonyl (C=O) groups excluding carboxylic acids is 2. The van der Waals surface area contributed by atoms with Crippen LogP contribution in [0.25, 0.3) is 0 Å². The average molecular weight is 437 g/mol. The van der Waals surface area contributed by atoms with Crippen LogP contribution in [0.15, 0.2) is 84.9 Å². The van der Waals surface area contributed by atoms with E-state index < -0.39 is 6.04 Å². The standard InChI is InChI=1S/C25H25ClN2O3/c1-27-25(30)23(16-19-8-4-2-5-9-19)28(17-20-10-6-3-7-11-20)24(29)18-31-22-14-12-21(26)13-15-22/h2-15,23H,16-18H2,1H3,(H,27,30)/t23-/m0/s1. The summed E-state index contributed by atoms with van der Waals surface area (Å²) in [6.07, 6.45) is 0.403. The summed E-state index contributed by atoms with van der Waals surface area (Å²) in [4.78, 5) is 27.6. The summed E-state index contributed by atoms with van der Waals surface area (Å²) in [5.41, 5.74) is 1.91. The van der Waals surface area contributed by atoms with E-state index in [2.05, 4.69) is 5.32 Å². The van der Waals surface area contributed by atoms with Crippen LogP contribution in [-0.2, 0) is 22.6 Å². The summed E-state index contributed by atoms with van der Waals surface area (Å²) in [5, 5.41) is 3.29. The maximum absolute atomic E-state index is 13.2. The van der Waals surface area contributed by atoms with E-state index in [0.29, 0.717) is 23.7 Å². The number of ether oxygens (including phenoxy) is 1. The van der Waals surface area contributed by atoms with E-state index in [9.17, 15) is 9.59 Å². The molecule has 0 fully saturated rings. The number of carbonyl (C=O) groups is 2. The highest BCUT2D eigenvalue weighted by Gasteiger charge is 2.30. The zero-order chi connectivity index (χ0) is 22.1. The third-order valence-corrected chi connectivity index (χ3v) is 5.14. The summed E-state index contributed by atoms with van der Waals surface area (Å²) in [5.74, 6) is 0.0416. The number of likely N-dealkylation sites (N-methyl/N-ethyl adjacent to an activating group) is 1. The van der Waals surface area contributed by atoms with Crippen molar-refractivity contribution in [1.29, 1.82) is 0 Å². The molecule has 1 atom stereocenters. The van der Waals surface area contributed by atoms with Crippen LogP contribution in [0.4, 0.5) is 0 Å². The molecule has 0 unspecified atom stereocenters. The van der Waals surface area contributed by atoms with Gasteiger partial charge in [-0.3, -0.25) is 9.59 Å². The van der Waals surface area contributed by atoms with E-state index in [4.69, 9.17) is 16.3 Å². The number of nitrogens with zero attached hydrogens (tertiary/aromatic N) is 1. The Morgan fingerprint density at radius 2 is 1.48 bits per heavy atom. The highest BCUT2D eigenvalue weighted by atomic mass is 35.5. The Morgan fingerprint density at radius 3 is 2.06 bits per heavy atom. The second-order valence-corrected chi connectivity index (χ2v) is 7.51. The van der Waals surface area contributed by atoms with Crippen molar-refractivity contribution in [2.75, 3.05) is 13.7 Å². The van der Waals surface area contributed by atoms with Crippen molar-refractivity contribution in [2.45, 2.75) is 19.0 Å². The minimum absolute atomic E-state index is 0.184. The summed E-state index contributed by atoms with van der Waals surface area (Å²) in [7, 11) is 1.58. The first-order valence-electron chi connectivity index (χ1n) is 10.0. The van der Waals surface area contributed by atoms with Crippen LogP contribution in [0.5, 0.6) is 5.75 Å². The SMILES string of the molecule is CNC(=O)[C@H](Cc1ccccc1)N(Cc1ccccc1)C(=O)COc1ccc(Cl)cc1. The minimum atomic E-state index is -0.672. The first-order valence-corrected chi connectivity index (χ1v) is 10.4. The van der Waals surface area contributed by atoms with Gasteiger partial charge in [0.25, 0.3) is 5.91 Å². The van der Waals surface area contributed by atoms with Gasteiger partial charge in [-0.1, -0.05) is 72.3 Å². The minimum Gasteiger partial charge on any atom is -0.484 e. The van der Waals surface area contributed by atoms with Gasteiger partial charge in [0.2, 0.25) is 5.91 Å². The van der Waals surface area contributed by atoms with Gasteiger partial charge in [0.05, 0.1) is 0 Å². The van der Waals surface area contributed by atoms with Crippen LogP contribution in [-0.4, -0.2) is 36.4 Å². The summed E-state index contributed by atoms with van der Waals surface area (Å²) >= 11 is 5.91. The third-order valence-electron chi connectivity index (χ3n) is 4.89. The Labute approximate surface area is 187 Å². The van der Waals surface area contributed by atoms with Crippen LogP contribution < -0.4 is 10.1 Å². The Kier molecular flexibility index (Phi) is 8.07. The smallest absolute Gasteiger partial charge is 0.261 e. The first-order chi connectivity index (χ1) is 15.1. The maximum atomic E-state index is 13.2. The average Bonchev–Trinajstić information content (AvgIpc) is 2.81. The molecule has 6 heteroatoms. The lowest BCUT2D eigenvalue weighted by molar-refractivity contribution is -0.142. The number of amides is 2. The Bertz CT molecular complexity index is 979. The molecule has 2 amide bonds. The normalized spacial score (nSPS) is 11.4. The van der Waals surface area contributed by atoms with E-state index in [1.54, 1.807) is 36.2 Å². The molecule has 3 aromatic rings. The number of benzene rings is 3. The van der Waals surface area contributed by atoms with Gasteiger partial charge in [-0.05, 0) is 35.4 Å². The lowest BCUT2D eigenvalue weighted by Crippen LogP contribution is -2.51. The van der Waals surface area contributed by atoms with Crippen LogP contribution in [0.3, 0.4) is 0 Å². The fraction of sp³-hybridized carbons (Fsp3) is 0.200. The van der Waals surface area contributed by atoms with Crippen LogP contribution >= 0.6 is 11.6 Å². The molecule has 31 heavy (non-hydrogen) atoms. The molecule has 3 aromatic carbocycles. The molecule has 0 heterocycles. The highest BCUT2D eigenvalue weighted by molar-refractivity contribution is 6.30. The summed E-state index contributed by atoms with van der Waals surface area (Å²) in [6.45, 7) is 0.116. The Hall–Kier alpha value is -3.31. The predicted octanol–water partition coefficient (Wildman–Crippen LogP) is 4.10. The van der Waals surface area contributed by atoms with Gasteiger partial charge in [-0.2, -0.15) is 0 Å². The van der Waals surface area contributed by atoms with E-state index in [0.717, 1.165) is 11.1 Å². The molecule has 0 saturated heterocycles. The van der Waals surface area contributed by atoms with Crippen molar-refractivity contribution in [2.24, 2.45) is 0 Å². The highest BCUT2D eigenvalue weighted by Crippen LogP contribution is 2.18. The zero-order valence-corrected chi connectivity index (χ0v) is 18.1. The number of rotatable bonds is 9. The molecule has 1 N–H and O–H groups in total. The van der Waals surface area contributed by atoms with Gasteiger partial charge < -0.3 is 15.0 Å². The van der Waals surface area contributed by atoms with Gasteiger partial charge in [0.15, 0.2) is 6.61 Å². The van der Waals surface area contributed by atoms with Crippen molar-refractivity contribution in [3.05, 3.63) is 101 Å². The van der Waals surface area contributed by atoms with Crippen molar-refractivity contribution in [3.8, 4) is 5.75 Å². The fourth-order valence-corrected chi connectivity index (χ4v) is 3.39. The van der Waals surface area contributed by atoms with Gasteiger partial charge in [0, 0.05) is 25.0 Å². The lowest BCUT2D eigenvalue weighted by atomic mass is 10.0. The van der Waals surface area contributed by atoms with Crippen molar-refractivity contribution in [1.82, 2.24) is 10.2 Å². The van der Waals surface area contributed by atoms with Gasteiger partial charge in [-0.15, -0.1) is 0 Å². The molecule has 5 nitrogen and oxygen atoms in total. The molecule has 0 spiro atoms.